The molecular formula is C15H18ClNO3. The number of hydrogen-bond acceptors (Lipinski definition) is 2. The number of halogens is 1. The van der Waals surface area contributed by atoms with E-state index in [0.717, 1.165) is 6.42 Å². The summed E-state index contributed by atoms with van der Waals surface area (Å²) in [6.45, 7) is 0. The third-order valence-corrected chi connectivity index (χ3v) is 4.01. The Kier molecular flexibility index (Phi) is 5.01. The lowest BCUT2D eigenvalue weighted by Crippen LogP contribution is -2.34. The minimum Gasteiger partial charge on any atom is -0.479 e. The average molecular weight is 296 g/mol. The zero-order valence-corrected chi connectivity index (χ0v) is 11.9. The number of carbonyl (C=O) groups is 2. The minimum atomic E-state index is -1.07. The van der Waals surface area contributed by atoms with Gasteiger partial charge in [-0.05, 0) is 30.0 Å². The Balaban J connectivity index is 1.92. The van der Waals surface area contributed by atoms with Crippen LogP contribution in [0, 0.1) is 5.92 Å². The molecule has 0 spiro atoms. The van der Waals surface area contributed by atoms with Crippen molar-refractivity contribution in [2.45, 2.75) is 38.1 Å². The topological polar surface area (TPSA) is 66.4 Å². The Morgan fingerprint density at radius 1 is 1.30 bits per heavy atom. The lowest BCUT2D eigenvalue weighted by molar-refractivity contribution is -0.142. The van der Waals surface area contributed by atoms with Gasteiger partial charge in [0.05, 0.1) is 0 Å². The molecule has 1 aliphatic carbocycles. The predicted octanol–water partition coefficient (Wildman–Crippen LogP) is 3.16. The fraction of sp³-hybridized carbons (Fsp3) is 0.467. The molecule has 0 aromatic heterocycles. The molecule has 0 aliphatic heterocycles. The number of nitrogens with one attached hydrogen (secondary N) is 1. The Labute approximate surface area is 123 Å². The number of carboxylic acid groups (broad SMARTS) is 1. The summed E-state index contributed by atoms with van der Waals surface area (Å²) in [5.41, 5.74) is 0.527. The van der Waals surface area contributed by atoms with E-state index in [4.69, 9.17) is 11.6 Å². The largest absolute Gasteiger partial charge is 0.479 e. The molecule has 4 nitrogen and oxygen atoms in total. The molecule has 2 rings (SSSR count). The summed E-state index contributed by atoms with van der Waals surface area (Å²) in [6.07, 6.45) is 4.86. The monoisotopic (exact) mass is 295 g/mol. The molecule has 0 saturated heterocycles. The third-order valence-electron chi connectivity index (χ3n) is 3.76. The smallest absolute Gasteiger partial charge is 0.330 e. The number of rotatable bonds is 6. The van der Waals surface area contributed by atoms with Crippen LogP contribution in [0.15, 0.2) is 24.3 Å². The minimum absolute atomic E-state index is 0.209. The molecular weight excluding hydrogens is 278 g/mol. The first kappa shape index (κ1) is 14.9. The molecule has 1 amide bonds. The van der Waals surface area contributed by atoms with Crippen LogP contribution in [0.2, 0.25) is 5.02 Å². The maximum Gasteiger partial charge on any atom is 0.330 e. The van der Waals surface area contributed by atoms with Gasteiger partial charge in [-0.3, -0.25) is 4.79 Å². The standard InChI is InChI=1S/C15H18ClNO3/c16-12-7-5-11(6-8-12)14(15(19)20)17-13(18)9-4-10-2-1-3-10/h5-8,10,14H,1-4,9H2,(H,17,18)(H,19,20). The highest BCUT2D eigenvalue weighted by Gasteiger charge is 2.23. The molecule has 108 valence electrons. The van der Waals surface area contributed by atoms with E-state index in [9.17, 15) is 14.7 Å². The molecule has 0 bridgehead atoms. The van der Waals surface area contributed by atoms with E-state index in [0.29, 0.717) is 22.9 Å². The predicted molar refractivity (Wildman–Crippen MR) is 76.5 cm³/mol. The second-order valence-corrected chi connectivity index (χ2v) is 5.66. The fourth-order valence-corrected chi connectivity index (χ4v) is 2.42. The summed E-state index contributed by atoms with van der Waals surface area (Å²) in [5.74, 6) is -0.636. The van der Waals surface area contributed by atoms with Gasteiger partial charge in [0, 0.05) is 11.4 Å². The number of aliphatic carboxylic acids is 1. The van der Waals surface area contributed by atoms with Crippen molar-refractivity contribution in [2.24, 2.45) is 5.92 Å². The maximum atomic E-state index is 11.8. The highest BCUT2D eigenvalue weighted by atomic mass is 35.5. The lowest BCUT2D eigenvalue weighted by atomic mass is 9.82. The zero-order chi connectivity index (χ0) is 14.5. The zero-order valence-electron chi connectivity index (χ0n) is 11.1. The molecule has 1 aliphatic rings. The summed E-state index contributed by atoms with van der Waals surface area (Å²) in [5, 5.41) is 12.3. The summed E-state index contributed by atoms with van der Waals surface area (Å²) in [7, 11) is 0. The van der Waals surface area contributed by atoms with Crippen LogP contribution < -0.4 is 5.32 Å². The molecule has 20 heavy (non-hydrogen) atoms. The van der Waals surface area contributed by atoms with Crippen LogP contribution in [-0.4, -0.2) is 17.0 Å². The normalized spacial score (nSPS) is 16.2. The summed E-state index contributed by atoms with van der Waals surface area (Å²) in [6, 6.07) is 5.46. The van der Waals surface area contributed by atoms with E-state index < -0.39 is 12.0 Å². The van der Waals surface area contributed by atoms with E-state index in [1.54, 1.807) is 24.3 Å². The number of carbonyl (C=O) groups excluding carboxylic acids is 1. The molecule has 1 unspecified atom stereocenters. The Morgan fingerprint density at radius 3 is 2.45 bits per heavy atom. The number of hydrogen-bond donors (Lipinski definition) is 2. The first-order valence-corrected chi connectivity index (χ1v) is 7.21. The van der Waals surface area contributed by atoms with Crippen LogP contribution in [0.1, 0.15) is 43.7 Å². The van der Waals surface area contributed by atoms with E-state index in [1.165, 1.54) is 19.3 Å². The first-order valence-electron chi connectivity index (χ1n) is 6.84. The van der Waals surface area contributed by atoms with Crippen molar-refractivity contribution < 1.29 is 14.7 Å². The van der Waals surface area contributed by atoms with Gasteiger partial charge in [-0.25, -0.2) is 4.79 Å². The number of amides is 1. The van der Waals surface area contributed by atoms with Gasteiger partial charge in [-0.2, -0.15) is 0 Å². The van der Waals surface area contributed by atoms with Gasteiger partial charge in [0.1, 0.15) is 0 Å². The van der Waals surface area contributed by atoms with E-state index in [-0.39, 0.29) is 5.91 Å². The molecule has 2 N–H and O–H groups in total. The van der Waals surface area contributed by atoms with Gasteiger partial charge in [-0.15, -0.1) is 0 Å². The summed E-state index contributed by atoms with van der Waals surface area (Å²) >= 11 is 5.77. The number of carboxylic acids is 1. The van der Waals surface area contributed by atoms with Crippen LogP contribution in [0.4, 0.5) is 0 Å². The van der Waals surface area contributed by atoms with Gasteiger partial charge in [0.25, 0.3) is 0 Å². The number of benzene rings is 1. The molecule has 1 aromatic rings. The van der Waals surface area contributed by atoms with Crippen LogP contribution in [0.25, 0.3) is 0 Å². The molecule has 0 radical (unpaired) electrons. The highest BCUT2D eigenvalue weighted by Crippen LogP contribution is 2.30. The Hall–Kier alpha value is -1.55. The molecule has 0 heterocycles. The third kappa shape index (κ3) is 3.97. The quantitative estimate of drug-likeness (QED) is 0.847. The maximum absolute atomic E-state index is 11.8. The van der Waals surface area contributed by atoms with Gasteiger partial charge >= 0.3 is 5.97 Å². The van der Waals surface area contributed by atoms with Crippen molar-refractivity contribution >= 4 is 23.5 Å². The second kappa shape index (κ2) is 6.75. The van der Waals surface area contributed by atoms with Crippen LogP contribution in [0.5, 0.6) is 0 Å². The van der Waals surface area contributed by atoms with E-state index in [1.807, 2.05) is 0 Å². The van der Waals surface area contributed by atoms with Crippen molar-refractivity contribution in [2.75, 3.05) is 0 Å². The van der Waals surface area contributed by atoms with E-state index in [2.05, 4.69) is 5.32 Å². The van der Waals surface area contributed by atoms with Gasteiger partial charge < -0.3 is 10.4 Å². The summed E-state index contributed by atoms with van der Waals surface area (Å²) in [4.78, 5) is 23.1. The lowest BCUT2D eigenvalue weighted by Gasteiger charge is -2.25. The van der Waals surface area contributed by atoms with Crippen LogP contribution in [0.3, 0.4) is 0 Å². The molecule has 1 aromatic carbocycles. The van der Waals surface area contributed by atoms with Crippen LogP contribution in [-0.2, 0) is 9.59 Å². The van der Waals surface area contributed by atoms with Crippen molar-refractivity contribution in [1.29, 1.82) is 0 Å². The van der Waals surface area contributed by atoms with Crippen molar-refractivity contribution in [1.82, 2.24) is 5.32 Å². The van der Waals surface area contributed by atoms with Gasteiger partial charge in [0.2, 0.25) is 5.91 Å². The Bertz CT molecular complexity index is 482. The first-order chi connectivity index (χ1) is 9.56. The molecule has 1 fully saturated rings. The average Bonchev–Trinajstić information content (AvgIpc) is 2.35. The highest BCUT2D eigenvalue weighted by molar-refractivity contribution is 6.30. The van der Waals surface area contributed by atoms with Crippen molar-refractivity contribution in [3.05, 3.63) is 34.9 Å². The molecule has 1 saturated carbocycles. The van der Waals surface area contributed by atoms with Gasteiger partial charge in [0.15, 0.2) is 6.04 Å². The Morgan fingerprint density at radius 2 is 1.95 bits per heavy atom. The van der Waals surface area contributed by atoms with Crippen molar-refractivity contribution in [3.8, 4) is 0 Å². The second-order valence-electron chi connectivity index (χ2n) is 5.23. The molecule has 1 atom stereocenters. The molecule has 5 heteroatoms. The van der Waals surface area contributed by atoms with Crippen LogP contribution >= 0.6 is 11.6 Å². The van der Waals surface area contributed by atoms with E-state index >= 15 is 0 Å². The van der Waals surface area contributed by atoms with Gasteiger partial charge in [-0.1, -0.05) is 43.0 Å². The summed E-state index contributed by atoms with van der Waals surface area (Å²) < 4.78 is 0. The fourth-order valence-electron chi connectivity index (χ4n) is 2.29. The van der Waals surface area contributed by atoms with Crippen molar-refractivity contribution in [3.63, 3.8) is 0 Å². The SMILES string of the molecule is O=C(CCC1CCC1)NC(C(=O)O)c1ccc(Cl)cc1.